The molecule has 1 saturated carbocycles. The molecule has 0 aromatic heterocycles. The van der Waals surface area contributed by atoms with E-state index < -0.39 is 6.36 Å². The Labute approximate surface area is 162 Å². The molecule has 2 unspecified atom stereocenters. The van der Waals surface area contributed by atoms with Crippen LogP contribution in [0.1, 0.15) is 23.1 Å². The first-order chi connectivity index (χ1) is 13.4. The minimum Gasteiger partial charge on any atom is -0.406 e. The molecule has 145 valence electrons. The first kappa shape index (κ1) is 18.8. The molecule has 3 nitrogen and oxygen atoms in total. The molecular formula is C22H20F3N2O. The van der Waals surface area contributed by atoms with Gasteiger partial charge in [0.1, 0.15) is 5.75 Å². The zero-order valence-electron chi connectivity index (χ0n) is 15.2. The second-order valence-corrected chi connectivity index (χ2v) is 7.55. The van der Waals surface area contributed by atoms with Crippen LogP contribution in [-0.2, 0) is 6.54 Å². The van der Waals surface area contributed by atoms with Crippen LogP contribution in [0.2, 0.25) is 0 Å². The number of rotatable bonds is 6. The third-order valence-electron chi connectivity index (χ3n) is 5.65. The SMILES string of the molecule is N#Cc1ccc(CN2CC3C(C[CH]c4cccc(OC(F)(F)F)c4)C3C2)cc1. The van der Waals surface area contributed by atoms with Crippen LogP contribution in [0.3, 0.4) is 0 Å². The number of likely N-dealkylation sites (tertiary alicyclic amines) is 1. The second-order valence-electron chi connectivity index (χ2n) is 7.55. The van der Waals surface area contributed by atoms with Gasteiger partial charge in [-0.3, -0.25) is 4.90 Å². The predicted octanol–water partition coefficient (Wildman–Crippen LogP) is 4.78. The fraction of sp³-hybridized carbons (Fsp3) is 0.364. The molecule has 0 N–H and O–H groups in total. The minimum absolute atomic E-state index is 0.175. The minimum atomic E-state index is -4.66. The van der Waals surface area contributed by atoms with Crippen molar-refractivity contribution in [1.29, 1.82) is 5.26 Å². The third kappa shape index (κ3) is 4.48. The van der Waals surface area contributed by atoms with E-state index in [9.17, 15) is 13.2 Å². The van der Waals surface area contributed by atoms with Crippen molar-refractivity contribution in [3.63, 3.8) is 0 Å². The molecule has 28 heavy (non-hydrogen) atoms. The van der Waals surface area contributed by atoms with Gasteiger partial charge in [-0.15, -0.1) is 13.2 Å². The Morgan fingerprint density at radius 1 is 1.11 bits per heavy atom. The summed E-state index contributed by atoms with van der Waals surface area (Å²) in [5.41, 5.74) is 2.65. The number of ether oxygens (including phenoxy) is 1. The molecule has 2 atom stereocenters. The molecule has 1 radical (unpaired) electrons. The molecule has 0 amide bonds. The molecule has 1 aliphatic heterocycles. The topological polar surface area (TPSA) is 36.3 Å². The Kier molecular flexibility index (Phi) is 5.03. The number of benzene rings is 2. The number of fused-ring (bicyclic) bond motifs is 1. The summed E-state index contributed by atoms with van der Waals surface area (Å²) in [6, 6.07) is 16.0. The molecule has 1 heterocycles. The van der Waals surface area contributed by atoms with Crippen LogP contribution in [-0.4, -0.2) is 24.4 Å². The number of nitrogens with zero attached hydrogens (tertiary/aromatic N) is 2. The monoisotopic (exact) mass is 385 g/mol. The van der Waals surface area contributed by atoms with Crippen molar-refractivity contribution in [2.75, 3.05) is 13.1 Å². The normalized spacial score (nSPS) is 23.9. The number of alkyl halides is 3. The van der Waals surface area contributed by atoms with Crippen molar-refractivity contribution in [1.82, 2.24) is 4.90 Å². The fourth-order valence-electron chi connectivity index (χ4n) is 4.27. The summed E-state index contributed by atoms with van der Waals surface area (Å²) in [4.78, 5) is 2.44. The zero-order valence-corrected chi connectivity index (χ0v) is 15.2. The third-order valence-corrected chi connectivity index (χ3v) is 5.65. The lowest BCUT2D eigenvalue weighted by atomic mass is 10.0. The second kappa shape index (κ2) is 7.48. The van der Waals surface area contributed by atoms with Gasteiger partial charge in [0.2, 0.25) is 0 Å². The van der Waals surface area contributed by atoms with E-state index in [1.165, 1.54) is 17.7 Å². The average Bonchev–Trinajstić information content (AvgIpc) is 3.11. The van der Waals surface area contributed by atoms with E-state index in [1.54, 1.807) is 12.1 Å². The summed E-state index contributed by atoms with van der Waals surface area (Å²) in [5, 5.41) is 8.86. The number of hydrogen-bond acceptors (Lipinski definition) is 3. The molecule has 4 rings (SSSR count). The van der Waals surface area contributed by atoms with Gasteiger partial charge >= 0.3 is 6.36 Å². The summed E-state index contributed by atoms with van der Waals surface area (Å²) in [6.07, 6.45) is -1.77. The number of halogens is 3. The quantitative estimate of drug-likeness (QED) is 0.718. The van der Waals surface area contributed by atoms with Crippen LogP contribution in [0.25, 0.3) is 0 Å². The summed E-state index contributed by atoms with van der Waals surface area (Å²) in [7, 11) is 0. The van der Waals surface area contributed by atoms with Gasteiger partial charge in [-0.2, -0.15) is 5.26 Å². The van der Waals surface area contributed by atoms with E-state index in [4.69, 9.17) is 5.26 Å². The average molecular weight is 385 g/mol. The molecule has 2 aromatic rings. The van der Waals surface area contributed by atoms with Crippen LogP contribution in [0, 0.1) is 35.5 Å². The van der Waals surface area contributed by atoms with Gasteiger partial charge in [0.15, 0.2) is 0 Å². The van der Waals surface area contributed by atoms with Crippen molar-refractivity contribution < 1.29 is 17.9 Å². The fourth-order valence-corrected chi connectivity index (χ4v) is 4.27. The van der Waals surface area contributed by atoms with E-state index in [0.717, 1.165) is 31.6 Å². The van der Waals surface area contributed by atoms with Crippen molar-refractivity contribution in [3.05, 3.63) is 71.6 Å². The lowest BCUT2D eigenvalue weighted by molar-refractivity contribution is -0.274. The van der Waals surface area contributed by atoms with Gasteiger partial charge in [0, 0.05) is 19.6 Å². The molecule has 1 aliphatic carbocycles. The van der Waals surface area contributed by atoms with E-state index >= 15 is 0 Å². The Hall–Kier alpha value is -2.52. The maximum atomic E-state index is 12.3. The van der Waals surface area contributed by atoms with Gasteiger partial charge in [-0.05, 0) is 66.0 Å². The van der Waals surface area contributed by atoms with E-state index in [0.29, 0.717) is 23.3 Å². The highest BCUT2D eigenvalue weighted by atomic mass is 19.4. The van der Waals surface area contributed by atoms with Crippen LogP contribution in [0.5, 0.6) is 5.75 Å². The highest BCUT2D eigenvalue weighted by Gasteiger charge is 2.54. The highest BCUT2D eigenvalue weighted by Crippen LogP contribution is 2.54. The summed E-state index contributed by atoms with van der Waals surface area (Å²) in [6.45, 7) is 3.01. The molecule has 2 aromatic carbocycles. The van der Waals surface area contributed by atoms with Gasteiger partial charge < -0.3 is 4.74 Å². The largest absolute Gasteiger partial charge is 0.573 e. The van der Waals surface area contributed by atoms with Crippen LogP contribution >= 0.6 is 0 Å². The molecule has 2 aliphatic rings. The molecule has 6 heteroatoms. The first-order valence-corrected chi connectivity index (χ1v) is 9.32. The maximum Gasteiger partial charge on any atom is 0.573 e. The maximum absolute atomic E-state index is 12.3. The Balaban J connectivity index is 1.23. The number of hydrogen-bond donors (Lipinski definition) is 0. The summed E-state index contributed by atoms with van der Waals surface area (Å²) >= 11 is 0. The molecule has 2 fully saturated rings. The van der Waals surface area contributed by atoms with Gasteiger partial charge in [0.05, 0.1) is 11.6 Å². The Bertz CT molecular complexity index is 861. The Morgan fingerprint density at radius 2 is 1.82 bits per heavy atom. The molecular weight excluding hydrogens is 365 g/mol. The highest BCUT2D eigenvalue weighted by molar-refractivity contribution is 5.34. The van der Waals surface area contributed by atoms with Crippen molar-refractivity contribution in [3.8, 4) is 11.8 Å². The van der Waals surface area contributed by atoms with Crippen LogP contribution in [0.4, 0.5) is 13.2 Å². The lowest BCUT2D eigenvalue weighted by Crippen LogP contribution is -2.24. The lowest BCUT2D eigenvalue weighted by Gasteiger charge is -2.19. The van der Waals surface area contributed by atoms with E-state index in [1.807, 2.05) is 30.7 Å². The Morgan fingerprint density at radius 3 is 2.46 bits per heavy atom. The van der Waals surface area contributed by atoms with E-state index in [2.05, 4.69) is 15.7 Å². The molecule has 1 saturated heterocycles. The first-order valence-electron chi connectivity index (χ1n) is 9.32. The van der Waals surface area contributed by atoms with Crippen molar-refractivity contribution in [2.45, 2.75) is 19.3 Å². The van der Waals surface area contributed by atoms with Crippen LogP contribution < -0.4 is 4.74 Å². The van der Waals surface area contributed by atoms with Crippen molar-refractivity contribution in [2.24, 2.45) is 17.8 Å². The molecule has 0 bridgehead atoms. The number of piperidine rings is 1. The van der Waals surface area contributed by atoms with E-state index in [-0.39, 0.29) is 5.75 Å². The number of nitriles is 1. The van der Waals surface area contributed by atoms with Crippen molar-refractivity contribution >= 4 is 0 Å². The summed E-state index contributed by atoms with van der Waals surface area (Å²) in [5.74, 6) is 1.78. The predicted molar refractivity (Wildman–Crippen MR) is 98.0 cm³/mol. The van der Waals surface area contributed by atoms with Gasteiger partial charge in [-0.1, -0.05) is 24.3 Å². The molecule has 0 spiro atoms. The van der Waals surface area contributed by atoms with Gasteiger partial charge in [-0.25, -0.2) is 0 Å². The standard InChI is InChI=1S/C22H20F3N2O/c23-22(24,25)28-18-3-1-2-15(10-18)8-9-19-20-13-27(14-21(19)20)12-17-6-4-16(11-26)5-7-17/h1-8,10,19-21H,9,12-14H2. The smallest absolute Gasteiger partial charge is 0.406 e. The zero-order chi connectivity index (χ0) is 19.7. The van der Waals surface area contributed by atoms with Crippen LogP contribution in [0.15, 0.2) is 48.5 Å². The summed E-state index contributed by atoms with van der Waals surface area (Å²) < 4.78 is 41.0. The van der Waals surface area contributed by atoms with Gasteiger partial charge in [0.25, 0.3) is 0 Å².